The minimum atomic E-state index is -0.657. The minimum Gasteiger partial charge on any atom is -0.368 e. The van der Waals surface area contributed by atoms with Crippen LogP contribution in [-0.2, 0) is 9.59 Å². The van der Waals surface area contributed by atoms with Crippen LogP contribution in [-0.4, -0.2) is 23.7 Å². The van der Waals surface area contributed by atoms with Gasteiger partial charge in [-0.05, 0) is 48.0 Å². The first-order valence-corrected chi connectivity index (χ1v) is 10.2. The molecule has 0 aliphatic heterocycles. The molecule has 31 heavy (non-hydrogen) atoms. The topological polar surface area (TPSA) is 135 Å². The molecule has 0 heterocycles. The number of amides is 2. The number of carbonyl (C=O) groups excluding carboxylic acids is 2. The quantitative estimate of drug-likeness (QED) is 0.197. The van der Waals surface area contributed by atoms with E-state index in [0.717, 1.165) is 16.1 Å². The zero-order chi connectivity index (χ0) is 22.8. The van der Waals surface area contributed by atoms with Crippen molar-refractivity contribution in [1.82, 2.24) is 10.6 Å². The fourth-order valence-corrected chi connectivity index (χ4v) is 2.69. The van der Waals surface area contributed by atoms with Gasteiger partial charge in [-0.15, -0.1) is 10.2 Å². The van der Waals surface area contributed by atoms with Crippen LogP contribution in [0.2, 0.25) is 0 Å². The van der Waals surface area contributed by atoms with Gasteiger partial charge in [0, 0.05) is 26.7 Å². The van der Waals surface area contributed by atoms with Gasteiger partial charge in [0.05, 0.1) is 0 Å². The van der Waals surface area contributed by atoms with Gasteiger partial charge in [-0.1, -0.05) is 44.0 Å². The van der Waals surface area contributed by atoms with Gasteiger partial charge in [0.25, 0.3) is 11.8 Å². The molecule has 160 valence electrons. The Bertz CT molecular complexity index is 1080. The Kier molecular flexibility index (Phi) is 9.10. The van der Waals surface area contributed by atoms with Gasteiger partial charge in [-0.2, -0.15) is 0 Å². The van der Waals surface area contributed by atoms with E-state index in [9.17, 15) is 14.0 Å². The summed E-state index contributed by atoms with van der Waals surface area (Å²) in [5.74, 6) is -2.37. The number of nitrogens with two attached hydrogens (primary N) is 2. The first-order chi connectivity index (χ1) is 14.7. The average molecular weight is 552 g/mol. The first-order valence-electron chi connectivity index (χ1n) is 8.58. The van der Waals surface area contributed by atoms with Gasteiger partial charge >= 0.3 is 0 Å². The molecule has 6 N–H and O–H groups in total. The van der Waals surface area contributed by atoms with Crippen molar-refractivity contribution in [3.05, 3.63) is 80.5 Å². The fraction of sp³-hybridized carbons (Fsp3) is 0. The van der Waals surface area contributed by atoms with E-state index in [1.165, 1.54) is 30.4 Å². The Morgan fingerprint density at radius 2 is 1.35 bits per heavy atom. The summed E-state index contributed by atoms with van der Waals surface area (Å²) in [6.45, 7) is 0. The standard InChI is InChI=1S/C20H17Br2FN6O2/c21-14-5-1-12(2-6-14)3-9-17(30)26-19(24)28-29-20(25)27-18(31)10-4-13-11-15(22)7-8-16(13)23/h1-11H,(H3,24,26,28,30)(H3,25,27,29,31). The van der Waals surface area contributed by atoms with Crippen LogP contribution in [0.5, 0.6) is 0 Å². The normalized spacial score (nSPS) is 12.4. The molecule has 0 atom stereocenters. The number of hydrogen-bond acceptors (Lipinski definition) is 4. The van der Waals surface area contributed by atoms with Crippen molar-refractivity contribution in [2.24, 2.45) is 21.7 Å². The third-order valence-electron chi connectivity index (χ3n) is 3.44. The van der Waals surface area contributed by atoms with Gasteiger partial charge in [0.1, 0.15) is 5.82 Å². The van der Waals surface area contributed by atoms with Gasteiger partial charge in [-0.25, -0.2) is 4.39 Å². The molecular formula is C20H17Br2FN6O2. The van der Waals surface area contributed by atoms with E-state index in [1.807, 2.05) is 24.3 Å². The molecule has 2 aromatic rings. The van der Waals surface area contributed by atoms with Crippen LogP contribution in [0, 0.1) is 5.82 Å². The fourth-order valence-electron chi connectivity index (χ4n) is 2.05. The van der Waals surface area contributed by atoms with Crippen LogP contribution in [0.3, 0.4) is 0 Å². The van der Waals surface area contributed by atoms with Crippen molar-refractivity contribution in [2.75, 3.05) is 0 Å². The summed E-state index contributed by atoms with van der Waals surface area (Å²) in [6, 6.07) is 11.6. The molecule has 0 bridgehead atoms. The van der Waals surface area contributed by atoms with Crippen molar-refractivity contribution < 1.29 is 14.0 Å². The highest BCUT2D eigenvalue weighted by Gasteiger charge is 2.03. The van der Waals surface area contributed by atoms with Crippen molar-refractivity contribution in [3.63, 3.8) is 0 Å². The Morgan fingerprint density at radius 3 is 1.94 bits per heavy atom. The monoisotopic (exact) mass is 550 g/mol. The SMILES string of the molecule is NC(=NN=C(N)NC(=O)C=Cc1cc(Br)ccc1F)NC(=O)C=Cc1ccc(Br)cc1. The van der Waals surface area contributed by atoms with Crippen LogP contribution in [0.4, 0.5) is 4.39 Å². The zero-order valence-corrected chi connectivity index (χ0v) is 19.0. The van der Waals surface area contributed by atoms with E-state index < -0.39 is 17.6 Å². The Balaban J connectivity index is 1.88. The van der Waals surface area contributed by atoms with E-state index in [2.05, 4.69) is 52.7 Å². The van der Waals surface area contributed by atoms with Gasteiger partial charge < -0.3 is 11.5 Å². The maximum Gasteiger partial charge on any atom is 0.250 e. The van der Waals surface area contributed by atoms with Gasteiger partial charge in [-0.3, -0.25) is 20.2 Å². The van der Waals surface area contributed by atoms with E-state index in [0.29, 0.717) is 4.47 Å². The lowest BCUT2D eigenvalue weighted by Gasteiger charge is -2.01. The Hall–Kier alpha value is -3.31. The third kappa shape index (κ3) is 8.93. The largest absolute Gasteiger partial charge is 0.368 e. The van der Waals surface area contributed by atoms with Crippen molar-refractivity contribution in [3.8, 4) is 0 Å². The Labute approximate surface area is 194 Å². The molecule has 8 nitrogen and oxygen atoms in total. The molecule has 0 fully saturated rings. The number of nitrogens with one attached hydrogen (secondary N) is 2. The lowest BCUT2D eigenvalue weighted by molar-refractivity contribution is -0.116. The summed E-state index contributed by atoms with van der Waals surface area (Å²) < 4.78 is 15.2. The smallest absolute Gasteiger partial charge is 0.250 e. The van der Waals surface area contributed by atoms with Crippen LogP contribution in [0.25, 0.3) is 12.2 Å². The maximum atomic E-state index is 13.6. The number of carbonyl (C=O) groups is 2. The molecule has 0 unspecified atom stereocenters. The molecule has 11 heteroatoms. The molecule has 2 aromatic carbocycles. The average Bonchev–Trinajstić information content (AvgIpc) is 2.72. The zero-order valence-electron chi connectivity index (χ0n) is 15.9. The van der Waals surface area contributed by atoms with Crippen molar-refractivity contribution in [2.45, 2.75) is 0 Å². The van der Waals surface area contributed by atoms with E-state index >= 15 is 0 Å². The summed E-state index contributed by atoms with van der Waals surface area (Å²) >= 11 is 6.54. The van der Waals surface area contributed by atoms with Crippen LogP contribution >= 0.6 is 31.9 Å². The third-order valence-corrected chi connectivity index (χ3v) is 4.46. The summed E-state index contributed by atoms with van der Waals surface area (Å²) in [7, 11) is 0. The number of guanidine groups is 2. The molecule has 0 radical (unpaired) electrons. The molecule has 2 rings (SSSR count). The number of halogens is 3. The molecule has 0 spiro atoms. The number of hydrogen-bond donors (Lipinski definition) is 4. The Morgan fingerprint density at radius 1 is 0.839 bits per heavy atom. The summed E-state index contributed by atoms with van der Waals surface area (Å²) in [5.41, 5.74) is 12.1. The van der Waals surface area contributed by atoms with Crippen LogP contribution < -0.4 is 22.1 Å². The van der Waals surface area contributed by atoms with E-state index in [-0.39, 0.29) is 17.5 Å². The maximum absolute atomic E-state index is 13.6. The van der Waals surface area contributed by atoms with Gasteiger partial charge in [0.15, 0.2) is 0 Å². The number of rotatable bonds is 5. The van der Waals surface area contributed by atoms with Crippen LogP contribution in [0.1, 0.15) is 11.1 Å². The molecular weight excluding hydrogens is 535 g/mol. The summed E-state index contributed by atoms with van der Waals surface area (Å²) in [4.78, 5) is 23.7. The van der Waals surface area contributed by atoms with Crippen LogP contribution in [0.15, 0.2) is 73.8 Å². The number of benzene rings is 2. The highest BCUT2D eigenvalue weighted by Crippen LogP contribution is 2.16. The summed E-state index contributed by atoms with van der Waals surface area (Å²) in [5, 5.41) is 11.5. The second kappa shape index (κ2) is 11.8. The molecule has 2 amide bonds. The summed E-state index contributed by atoms with van der Waals surface area (Å²) in [6.07, 6.45) is 5.22. The van der Waals surface area contributed by atoms with Crippen molar-refractivity contribution >= 4 is 67.7 Å². The lowest BCUT2D eigenvalue weighted by atomic mass is 10.2. The van der Waals surface area contributed by atoms with E-state index in [1.54, 1.807) is 6.08 Å². The van der Waals surface area contributed by atoms with Crippen molar-refractivity contribution in [1.29, 1.82) is 0 Å². The molecule has 0 aliphatic rings. The molecule has 0 aromatic heterocycles. The lowest BCUT2D eigenvalue weighted by Crippen LogP contribution is -2.37. The van der Waals surface area contributed by atoms with E-state index in [4.69, 9.17) is 11.5 Å². The number of nitrogens with zero attached hydrogens (tertiary/aromatic N) is 2. The first kappa shape index (κ1) is 24.0. The second-order valence-corrected chi connectivity index (χ2v) is 7.66. The molecule has 0 aliphatic carbocycles. The predicted octanol–water partition coefficient (Wildman–Crippen LogP) is 2.85. The second-order valence-electron chi connectivity index (χ2n) is 5.83. The predicted molar refractivity (Wildman–Crippen MR) is 126 cm³/mol. The highest BCUT2D eigenvalue weighted by atomic mass is 79.9. The molecule has 0 saturated heterocycles. The van der Waals surface area contributed by atoms with Gasteiger partial charge in [0.2, 0.25) is 11.9 Å². The highest BCUT2D eigenvalue weighted by molar-refractivity contribution is 9.10. The molecule has 0 saturated carbocycles. The minimum absolute atomic E-state index is 0.209.